The highest BCUT2D eigenvalue weighted by Gasteiger charge is 2.35. The summed E-state index contributed by atoms with van der Waals surface area (Å²) in [6.07, 6.45) is 4.50. The standard InChI is InChI=1S/C10H19NO/c1-8-4-6-10(2,7-5-8)9(12)11-3/h8H,4-7H2,1-3H3,(H,11,12)/t8-,10+. The Morgan fingerprint density at radius 2 is 1.92 bits per heavy atom. The lowest BCUT2D eigenvalue weighted by atomic mass is 9.72. The molecule has 0 aromatic heterocycles. The highest BCUT2D eigenvalue weighted by atomic mass is 16.2. The summed E-state index contributed by atoms with van der Waals surface area (Å²) in [6, 6.07) is 0. The van der Waals surface area contributed by atoms with Crippen LogP contribution in [0.1, 0.15) is 39.5 Å². The highest BCUT2D eigenvalue weighted by Crippen LogP contribution is 2.38. The van der Waals surface area contributed by atoms with E-state index in [4.69, 9.17) is 0 Å². The summed E-state index contributed by atoms with van der Waals surface area (Å²) in [7, 11) is 1.73. The van der Waals surface area contributed by atoms with Crippen LogP contribution >= 0.6 is 0 Å². The Hall–Kier alpha value is -0.530. The Morgan fingerprint density at radius 1 is 1.42 bits per heavy atom. The second-order valence-corrected chi connectivity index (χ2v) is 4.32. The van der Waals surface area contributed by atoms with Crippen LogP contribution in [-0.4, -0.2) is 13.0 Å². The van der Waals surface area contributed by atoms with E-state index in [1.807, 2.05) is 0 Å². The van der Waals surface area contributed by atoms with E-state index in [0.29, 0.717) is 0 Å². The fourth-order valence-corrected chi connectivity index (χ4v) is 1.93. The van der Waals surface area contributed by atoms with Gasteiger partial charge in [0.15, 0.2) is 0 Å². The molecule has 0 bridgehead atoms. The molecule has 0 atom stereocenters. The topological polar surface area (TPSA) is 29.1 Å². The van der Waals surface area contributed by atoms with Gasteiger partial charge in [-0.15, -0.1) is 0 Å². The lowest BCUT2D eigenvalue weighted by Gasteiger charge is -2.34. The van der Waals surface area contributed by atoms with Gasteiger partial charge in [0.2, 0.25) is 5.91 Å². The molecule has 1 amide bonds. The van der Waals surface area contributed by atoms with E-state index in [2.05, 4.69) is 19.2 Å². The van der Waals surface area contributed by atoms with Crippen molar-refractivity contribution in [2.24, 2.45) is 11.3 Å². The van der Waals surface area contributed by atoms with Crippen molar-refractivity contribution in [3.63, 3.8) is 0 Å². The molecule has 1 aliphatic carbocycles. The quantitative estimate of drug-likeness (QED) is 0.638. The maximum absolute atomic E-state index is 11.5. The van der Waals surface area contributed by atoms with Crippen molar-refractivity contribution in [1.82, 2.24) is 5.32 Å². The molecule has 0 aliphatic heterocycles. The van der Waals surface area contributed by atoms with E-state index in [1.54, 1.807) is 7.05 Å². The van der Waals surface area contributed by atoms with E-state index in [1.165, 1.54) is 12.8 Å². The number of carbonyl (C=O) groups excluding carboxylic acids is 1. The average molecular weight is 169 g/mol. The molecule has 1 rings (SSSR count). The third-order valence-electron chi connectivity index (χ3n) is 3.15. The second kappa shape index (κ2) is 3.46. The van der Waals surface area contributed by atoms with E-state index < -0.39 is 0 Å². The summed E-state index contributed by atoms with van der Waals surface area (Å²) in [5.41, 5.74) is -0.0821. The Bertz CT molecular complexity index is 169. The minimum atomic E-state index is -0.0821. The maximum Gasteiger partial charge on any atom is 0.225 e. The molecule has 0 heterocycles. The zero-order chi connectivity index (χ0) is 9.19. The molecular formula is C10H19NO. The van der Waals surface area contributed by atoms with Crippen LogP contribution < -0.4 is 5.32 Å². The van der Waals surface area contributed by atoms with Gasteiger partial charge in [0.05, 0.1) is 0 Å². The summed E-state index contributed by atoms with van der Waals surface area (Å²) in [4.78, 5) is 11.5. The molecule has 0 spiro atoms. The fraction of sp³-hybridized carbons (Fsp3) is 0.900. The summed E-state index contributed by atoms with van der Waals surface area (Å²) in [6.45, 7) is 4.35. The molecule has 1 fully saturated rings. The van der Waals surface area contributed by atoms with Gasteiger partial charge in [-0.05, 0) is 31.6 Å². The predicted molar refractivity (Wildman–Crippen MR) is 49.8 cm³/mol. The summed E-state index contributed by atoms with van der Waals surface area (Å²) in [5.74, 6) is 1.03. The maximum atomic E-state index is 11.5. The van der Waals surface area contributed by atoms with Crippen LogP contribution in [0.5, 0.6) is 0 Å². The Balaban J connectivity index is 2.55. The Morgan fingerprint density at radius 3 is 2.33 bits per heavy atom. The van der Waals surface area contributed by atoms with Gasteiger partial charge in [-0.25, -0.2) is 0 Å². The molecule has 1 aliphatic rings. The highest BCUT2D eigenvalue weighted by molar-refractivity contribution is 5.81. The number of carbonyl (C=O) groups is 1. The third-order valence-corrected chi connectivity index (χ3v) is 3.15. The molecule has 2 heteroatoms. The number of amides is 1. The van der Waals surface area contributed by atoms with Crippen molar-refractivity contribution in [3.8, 4) is 0 Å². The van der Waals surface area contributed by atoms with Crippen molar-refractivity contribution < 1.29 is 4.79 Å². The smallest absolute Gasteiger partial charge is 0.225 e. The summed E-state index contributed by atoms with van der Waals surface area (Å²) >= 11 is 0. The molecule has 12 heavy (non-hydrogen) atoms. The van der Waals surface area contributed by atoms with Gasteiger partial charge in [-0.2, -0.15) is 0 Å². The summed E-state index contributed by atoms with van der Waals surface area (Å²) < 4.78 is 0. The Labute approximate surface area is 74.7 Å². The molecular weight excluding hydrogens is 150 g/mol. The van der Waals surface area contributed by atoms with Crippen molar-refractivity contribution >= 4 is 5.91 Å². The Kier molecular flexibility index (Phi) is 2.76. The number of rotatable bonds is 1. The van der Waals surface area contributed by atoms with Gasteiger partial charge >= 0.3 is 0 Å². The first kappa shape index (κ1) is 9.56. The predicted octanol–water partition coefficient (Wildman–Crippen LogP) is 1.95. The first-order valence-electron chi connectivity index (χ1n) is 4.81. The van der Waals surface area contributed by atoms with Crippen molar-refractivity contribution in [3.05, 3.63) is 0 Å². The molecule has 0 saturated heterocycles. The molecule has 70 valence electrons. The molecule has 1 saturated carbocycles. The van der Waals surface area contributed by atoms with Crippen LogP contribution in [0.15, 0.2) is 0 Å². The molecule has 0 aromatic rings. The minimum Gasteiger partial charge on any atom is -0.359 e. The van der Waals surface area contributed by atoms with Gasteiger partial charge in [0.25, 0.3) is 0 Å². The molecule has 0 radical (unpaired) electrons. The molecule has 2 nitrogen and oxygen atoms in total. The van der Waals surface area contributed by atoms with Crippen LogP contribution in [0.25, 0.3) is 0 Å². The monoisotopic (exact) mass is 169 g/mol. The summed E-state index contributed by atoms with van der Waals surface area (Å²) in [5, 5.41) is 2.75. The molecule has 1 N–H and O–H groups in total. The van der Waals surface area contributed by atoms with E-state index in [9.17, 15) is 4.79 Å². The lowest BCUT2D eigenvalue weighted by molar-refractivity contribution is -0.131. The normalized spacial score (nSPS) is 36.1. The van der Waals surface area contributed by atoms with Crippen LogP contribution in [0, 0.1) is 11.3 Å². The van der Waals surface area contributed by atoms with Crippen molar-refractivity contribution in [1.29, 1.82) is 0 Å². The first-order valence-corrected chi connectivity index (χ1v) is 4.81. The van der Waals surface area contributed by atoms with Crippen LogP contribution in [0.4, 0.5) is 0 Å². The average Bonchev–Trinajstić information content (AvgIpc) is 2.09. The fourth-order valence-electron chi connectivity index (χ4n) is 1.93. The molecule has 0 aromatic carbocycles. The zero-order valence-electron chi connectivity index (χ0n) is 8.31. The number of nitrogens with one attached hydrogen (secondary N) is 1. The zero-order valence-corrected chi connectivity index (χ0v) is 8.31. The van der Waals surface area contributed by atoms with Gasteiger partial charge in [-0.1, -0.05) is 13.8 Å². The van der Waals surface area contributed by atoms with Gasteiger partial charge < -0.3 is 5.32 Å². The lowest BCUT2D eigenvalue weighted by Crippen LogP contribution is -2.39. The van der Waals surface area contributed by atoms with Gasteiger partial charge in [0, 0.05) is 12.5 Å². The van der Waals surface area contributed by atoms with Crippen LogP contribution in [-0.2, 0) is 4.79 Å². The van der Waals surface area contributed by atoms with E-state index >= 15 is 0 Å². The van der Waals surface area contributed by atoms with Crippen LogP contribution in [0.2, 0.25) is 0 Å². The second-order valence-electron chi connectivity index (χ2n) is 4.32. The third kappa shape index (κ3) is 1.79. The SMILES string of the molecule is CNC(=O)[C@]1(C)CC[C@H](C)CC1. The van der Waals surface area contributed by atoms with Crippen LogP contribution in [0.3, 0.4) is 0 Å². The van der Waals surface area contributed by atoms with Crippen molar-refractivity contribution in [2.45, 2.75) is 39.5 Å². The minimum absolute atomic E-state index is 0.0821. The van der Waals surface area contributed by atoms with E-state index in [0.717, 1.165) is 18.8 Å². The van der Waals surface area contributed by atoms with Gasteiger partial charge in [0.1, 0.15) is 0 Å². The largest absolute Gasteiger partial charge is 0.359 e. The van der Waals surface area contributed by atoms with Gasteiger partial charge in [-0.3, -0.25) is 4.79 Å². The number of hydrogen-bond donors (Lipinski definition) is 1. The number of hydrogen-bond acceptors (Lipinski definition) is 1. The first-order chi connectivity index (χ1) is 5.58. The van der Waals surface area contributed by atoms with E-state index in [-0.39, 0.29) is 11.3 Å². The molecule has 0 unspecified atom stereocenters. The van der Waals surface area contributed by atoms with Crippen molar-refractivity contribution in [2.75, 3.05) is 7.05 Å².